The molecule has 0 saturated carbocycles. The third kappa shape index (κ3) is 4.40. The molecule has 0 aromatic heterocycles. The van der Waals surface area contributed by atoms with Crippen LogP contribution in [0.1, 0.15) is 12.5 Å². The summed E-state index contributed by atoms with van der Waals surface area (Å²) < 4.78 is 5.17. The molecule has 0 spiro atoms. The van der Waals surface area contributed by atoms with Gasteiger partial charge in [-0.2, -0.15) is 16.8 Å². The number of carbonyl (C=O) groups excluding carboxylic acids is 1. The summed E-state index contributed by atoms with van der Waals surface area (Å²) in [6, 6.07) is 8.19. The Morgan fingerprint density at radius 2 is 1.86 bits per heavy atom. The zero-order valence-electron chi connectivity index (χ0n) is 13.6. The Kier molecular flexibility index (Phi) is 5.71. The standard InChI is InChI=1S/C16H23N3O2S/c1-12(20)17-16-18(2)9-15(10-19(16)3)22-11-13-5-7-14(21-4)8-6-13/h5-8,15H,9-11H2,1-4H3. The molecular formula is C16H23N3O2S. The third-order valence-electron chi connectivity index (χ3n) is 3.54. The Balaban J connectivity index is 1.91. The van der Waals surface area contributed by atoms with Gasteiger partial charge in [0.1, 0.15) is 5.75 Å². The number of methoxy groups -OCH3 is 1. The number of ether oxygens (including phenoxy) is 1. The number of rotatable bonds is 4. The number of guanidine groups is 1. The number of benzene rings is 1. The van der Waals surface area contributed by atoms with Crippen molar-refractivity contribution >= 4 is 23.6 Å². The average Bonchev–Trinajstić information content (AvgIpc) is 2.49. The van der Waals surface area contributed by atoms with E-state index in [4.69, 9.17) is 4.74 Å². The van der Waals surface area contributed by atoms with E-state index in [9.17, 15) is 4.79 Å². The van der Waals surface area contributed by atoms with Crippen molar-refractivity contribution in [2.24, 2.45) is 4.99 Å². The first-order valence-corrected chi connectivity index (χ1v) is 8.30. The molecule has 2 rings (SSSR count). The molecule has 0 N–H and O–H groups in total. The summed E-state index contributed by atoms with van der Waals surface area (Å²) in [7, 11) is 5.65. The number of aliphatic imine (C=N–C) groups is 1. The van der Waals surface area contributed by atoms with E-state index in [2.05, 4.69) is 26.9 Å². The van der Waals surface area contributed by atoms with Gasteiger partial charge in [0.25, 0.3) is 0 Å². The maximum absolute atomic E-state index is 11.2. The molecule has 1 aliphatic heterocycles. The average molecular weight is 321 g/mol. The fourth-order valence-corrected chi connectivity index (χ4v) is 3.75. The third-order valence-corrected chi connectivity index (χ3v) is 4.81. The van der Waals surface area contributed by atoms with Crippen molar-refractivity contribution in [2.75, 3.05) is 34.3 Å². The van der Waals surface area contributed by atoms with Crippen LogP contribution in [0.25, 0.3) is 0 Å². The van der Waals surface area contributed by atoms with Crippen molar-refractivity contribution in [3.63, 3.8) is 0 Å². The molecule has 0 bridgehead atoms. The highest BCUT2D eigenvalue weighted by atomic mass is 32.2. The minimum Gasteiger partial charge on any atom is -0.497 e. The van der Waals surface area contributed by atoms with E-state index in [1.165, 1.54) is 12.5 Å². The molecule has 120 valence electrons. The highest BCUT2D eigenvalue weighted by molar-refractivity contribution is 7.99. The van der Waals surface area contributed by atoms with Crippen molar-refractivity contribution in [1.29, 1.82) is 0 Å². The summed E-state index contributed by atoms with van der Waals surface area (Å²) in [5.41, 5.74) is 1.29. The molecule has 1 amide bonds. The van der Waals surface area contributed by atoms with Gasteiger partial charge >= 0.3 is 0 Å². The second-order valence-corrected chi connectivity index (χ2v) is 6.76. The van der Waals surface area contributed by atoms with Crippen LogP contribution in [0.2, 0.25) is 0 Å². The minimum absolute atomic E-state index is 0.155. The molecule has 1 heterocycles. The van der Waals surface area contributed by atoms with E-state index < -0.39 is 0 Å². The quantitative estimate of drug-likeness (QED) is 0.849. The lowest BCUT2D eigenvalue weighted by atomic mass is 10.2. The van der Waals surface area contributed by atoms with Crippen LogP contribution in [0.4, 0.5) is 0 Å². The molecule has 22 heavy (non-hydrogen) atoms. The fourth-order valence-electron chi connectivity index (χ4n) is 2.48. The van der Waals surface area contributed by atoms with Gasteiger partial charge in [-0.05, 0) is 17.7 Å². The van der Waals surface area contributed by atoms with Gasteiger partial charge in [0.15, 0.2) is 0 Å². The Labute approximate surface area is 136 Å². The van der Waals surface area contributed by atoms with Crippen LogP contribution < -0.4 is 4.74 Å². The first kappa shape index (κ1) is 16.7. The molecule has 0 atom stereocenters. The number of carbonyl (C=O) groups is 1. The van der Waals surface area contributed by atoms with Crippen LogP contribution in [0.3, 0.4) is 0 Å². The predicted molar refractivity (Wildman–Crippen MR) is 91.5 cm³/mol. The summed E-state index contributed by atoms with van der Waals surface area (Å²) in [6.07, 6.45) is 0. The Morgan fingerprint density at radius 1 is 1.27 bits per heavy atom. The van der Waals surface area contributed by atoms with Crippen LogP contribution in [0.5, 0.6) is 5.75 Å². The van der Waals surface area contributed by atoms with Gasteiger partial charge in [-0.3, -0.25) is 4.79 Å². The van der Waals surface area contributed by atoms with Crippen molar-refractivity contribution in [2.45, 2.75) is 17.9 Å². The molecule has 0 unspecified atom stereocenters. The highest BCUT2D eigenvalue weighted by Crippen LogP contribution is 2.23. The van der Waals surface area contributed by atoms with Gasteiger partial charge in [-0.25, -0.2) is 0 Å². The van der Waals surface area contributed by atoms with Crippen LogP contribution in [-0.4, -0.2) is 61.2 Å². The molecule has 1 saturated heterocycles. The smallest absolute Gasteiger partial charge is 0.245 e. The number of hydrogen-bond acceptors (Lipinski definition) is 3. The second-order valence-electron chi connectivity index (χ2n) is 5.47. The topological polar surface area (TPSA) is 45.1 Å². The molecule has 1 aromatic rings. The van der Waals surface area contributed by atoms with Gasteiger partial charge in [-0.1, -0.05) is 12.1 Å². The van der Waals surface area contributed by atoms with E-state index in [0.29, 0.717) is 5.25 Å². The number of thioether (sulfide) groups is 1. The van der Waals surface area contributed by atoms with E-state index in [-0.39, 0.29) is 5.91 Å². The van der Waals surface area contributed by atoms with Gasteiger partial charge in [-0.15, -0.1) is 0 Å². The molecule has 5 nitrogen and oxygen atoms in total. The number of amides is 1. The SMILES string of the molecule is COc1ccc(CSC2CN(C)C(=NC(C)=O)N(C)C2)cc1. The maximum Gasteiger partial charge on any atom is 0.245 e. The normalized spacial score (nSPS) is 18.4. The van der Waals surface area contributed by atoms with Crippen molar-refractivity contribution < 1.29 is 9.53 Å². The summed E-state index contributed by atoms with van der Waals surface area (Å²) >= 11 is 1.93. The van der Waals surface area contributed by atoms with Crippen LogP contribution in [0, 0.1) is 0 Å². The zero-order chi connectivity index (χ0) is 16.1. The van der Waals surface area contributed by atoms with Crippen molar-refractivity contribution in [3.8, 4) is 5.75 Å². The lowest BCUT2D eigenvalue weighted by Crippen LogP contribution is -2.52. The monoisotopic (exact) mass is 321 g/mol. The predicted octanol–water partition coefficient (Wildman–Crippen LogP) is 2.08. The largest absolute Gasteiger partial charge is 0.497 e. The van der Waals surface area contributed by atoms with Gasteiger partial charge in [0.2, 0.25) is 11.9 Å². The van der Waals surface area contributed by atoms with E-state index in [1.807, 2.05) is 38.0 Å². The summed E-state index contributed by atoms with van der Waals surface area (Å²) in [5.74, 6) is 2.46. The first-order chi connectivity index (χ1) is 10.5. The van der Waals surface area contributed by atoms with Crippen molar-refractivity contribution in [1.82, 2.24) is 9.80 Å². The van der Waals surface area contributed by atoms with Gasteiger partial charge < -0.3 is 14.5 Å². The summed E-state index contributed by atoms with van der Waals surface area (Å²) in [5, 5.41) is 0.489. The van der Waals surface area contributed by atoms with Gasteiger partial charge in [0, 0.05) is 45.1 Å². The first-order valence-electron chi connectivity index (χ1n) is 7.25. The Bertz CT molecular complexity index is 531. The van der Waals surface area contributed by atoms with Gasteiger partial charge in [0.05, 0.1) is 7.11 Å². The molecule has 1 fully saturated rings. The molecule has 0 aliphatic carbocycles. The maximum atomic E-state index is 11.2. The van der Waals surface area contributed by atoms with Crippen LogP contribution >= 0.6 is 11.8 Å². The van der Waals surface area contributed by atoms with E-state index in [0.717, 1.165) is 30.6 Å². The number of nitrogens with zero attached hydrogens (tertiary/aromatic N) is 3. The molecule has 0 radical (unpaired) electrons. The van der Waals surface area contributed by atoms with Crippen molar-refractivity contribution in [3.05, 3.63) is 29.8 Å². The van der Waals surface area contributed by atoms with E-state index in [1.54, 1.807) is 7.11 Å². The van der Waals surface area contributed by atoms with E-state index >= 15 is 0 Å². The highest BCUT2D eigenvalue weighted by Gasteiger charge is 2.26. The molecule has 1 aromatic carbocycles. The Hall–Kier alpha value is -1.69. The lowest BCUT2D eigenvalue weighted by molar-refractivity contribution is -0.115. The molecule has 6 heteroatoms. The molecule has 1 aliphatic rings. The minimum atomic E-state index is -0.155. The number of hydrogen-bond donors (Lipinski definition) is 0. The van der Waals surface area contributed by atoms with Crippen LogP contribution in [0.15, 0.2) is 29.3 Å². The Morgan fingerprint density at radius 3 is 2.36 bits per heavy atom. The second kappa shape index (κ2) is 7.54. The fraction of sp³-hybridized carbons (Fsp3) is 0.500. The van der Waals surface area contributed by atoms with Crippen LogP contribution in [-0.2, 0) is 10.5 Å². The zero-order valence-corrected chi connectivity index (χ0v) is 14.4. The molecular weight excluding hydrogens is 298 g/mol. The summed E-state index contributed by atoms with van der Waals surface area (Å²) in [6.45, 7) is 3.29. The lowest BCUT2D eigenvalue weighted by Gasteiger charge is -2.38. The summed E-state index contributed by atoms with van der Waals surface area (Å²) in [4.78, 5) is 19.4.